The maximum atomic E-state index is 11.7. The molecule has 2 rings (SSSR count). The Morgan fingerprint density at radius 3 is 2.35 bits per heavy atom. The predicted octanol–water partition coefficient (Wildman–Crippen LogP) is 4.51. The Bertz CT molecular complexity index is 630. The molecule has 0 amide bonds. The van der Waals surface area contributed by atoms with Crippen molar-refractivity contribution in [1.82, 2.24) is 0 Å². The summed E-state index contributed by atoms with van der Waals surface area (Å²) in [7, 11) is 0. The van der Waals surface area contributed by atoms with Crippen molar-refractivity contribution in [1.29, 1.82) is 0 Å². The average Bonchev–Trinajstić information content (AvgIpc) is 2.41. The van der Waals surface area contributed by atoms with Gasteiger partial charge in [-0.05, 0) is 37.3 Å². The summed E-state index contributed by atoms with van der Waals surface area (Å²) in [5.41, 5.74) is -0.0679. The molecule has 0 spiro atoms. The maximum Gasteiger partial charge on any atom is 0.333 e. The fraction of sp³-hybridized carbons (Fsp3) is 0.133. The second kappa shape index (κ2) is 5.85. The molecule has 1 atom stereocenters. The topological polar surface area (TPSA) is 49.3 Å². The summed E-state index contributed by atoms with van der Waals surface area (Å²) >= 11 is 9.48. The highest BCUT2D eigenvalue weighted by atomic mass is 79.9. The zero-order valence-corrected chi connectivity index (χ0v) is 13.1. The summed E-state index contributed by atoms with van der Waals surface area (Å²) in [6.07, 6.45) is 0. The molecule has 0 aliphatic rings. The van der Waals surface area contributed by atoms with Crippen molar-refractivity contribution in [2.24, 2.45) is 0 Å². The van der Waals surface area contributed by atoms with E-state index in [1.54, 1.807) is 31.2 Å². The number of hydrogen-bond donors (Lipinski definition) is 2. The van der Waals surface area contributed by atoms with Crippen LogP contribution in [0.4, 0.5) is 5.69 Å². The van der Waals surface area contributed by atoms with Gasteiger partial charge in [0.25, 0.3) is 0 Å². The monoisotopic (exact) mass is 353 g/mol. The first kappa shape index (κ1) is 14.9. The average molecular weight is 355 g/mol. The zero-order chi connectivity index (χ0) is 14.8. The third-order valence-electron chi connectivity index (χ3n) is 3.08. The molecule has 2 N–H and O–H groups in total. The SMILES string of the molecule is CC(Nc1ccc(Br)cc1)(C(=O)O)c1ccccc1Cl. The lowest BCUT2D eigenvalue weighted by atomic mass is 9.91. The lowest BCUT2D eigenvalue weighted by Crippen LogP contribution is -2.40. The van der Waals surface area contributed by atoms with Crippen molar-refractivity contribution >= 4 is 39.2 Å². The second-order valence-corrected chi connectivity index (χ2v) is 5.86. The Labute approximate surface area is 130 Å². The molecule has 0 aromatic heterocycles. The van der Waals surface area contributed by atoms with Gasteiger partial charge in [-0.3, -0.25) is 0 Å². The van der Waals surface area contributed by atoms with Gasteiger partial charge >= 0.3 is 5.97 Å². The first-order valence-corrected chi connectivity index (χ1v) is 7.13. The fourth-order valence-electron chi connectivity index (χ4n) is 1.92. The molecule has 0 saturated carbocycles. The molecule has 5 heteroatoms. The lowest BCUT2D eigenvalue weighted by Gasteiger charge is -2.28. The molecule has 2 aromatic rings. The van der Waals surface area contributed by atoms with Gasteiger partial charge < -0.3 is 10.4 Å². The van der Waals surface area contributed by atoms with Gasteiger partial charge in [-0.25, -0.2) is 4.79 Å². The Morgan fingerprint density at radius 2 is 1.80 bits per heavy atom. The van der Waals surface area contributed by atoms with Crippen LogP contribution in [0.25, 0.3) is 0 Å². The van der Waals surface area contributed by atoms with Crippen LogP contribution in [0.5, 0.6) is 0 Å². The highest BCUT2D eigenvalue weighted by molar-refractivity contribution is 9.10. The molecule has 0 fully saturated rings. The minimum absolute atomic E-state index is 0.419. The van der Waals surface area contributed by atoms with Crippen LogP contribution < -0.4 is 5.32 Å². The molecule has 1 unspecified atom stereocenters. The minimum atomic E-state index is -1.30. The molecule has 0 heterocycles. The second-order valence-electron chi connectivity index (χ2n) is 4.54. The lowest BCUT2D eigenvalue weighted by molar-refractivity contribution is -0.142. The Morgan fingerprint density at radius 1 is 1.20 bits per heavy atom. The van der Waals surface area contributed by atoms with Gasteiger partial charge in [-0.2, -0.15) is 0 Å². The van der Waals surface area contributed by atoms with Gasteiger partial charge in [0.05, 0.1) is 0 Å². The number of anilines is 1. The van der Waals surface area contributed by atoms with E-state index >= 15 is 0 Å². The van der Waals surface area contributed by atoms with E-state index < -0.39 is 11.5 Å². The Balaban J connectivity index is 2.43. The number of carbonyl (C=O) groups is 1. The van der Waals surface area contributed by atoms with Gasteiger partial charge in [0.1, 0.15) is 0 Å². The van der Waals surface area contributed by atoms with Gasteiger partial charge in [-0.15, -0.1) is 0 Å². The molecular formula is C15H13BrClNO2. The summed E-state index contributed by atoms with van der Waals surface area (Å²) < 4.78 is 0.929. The van der Waals surface area contributed by atoms with E-state index in [2.05, 4.69) is 21.2 Å². The number of benzene rings is 2. The molecule has 0 bridgehead atoms. The van der Waals surface area contributed by atoms with Crippen molar-refractivity contribution in [2.45, 2.75) is 12.5 Å². The molecule has 0 radical (unpaired) electrons. The van der Waals surface area contributed by atoms with Crippen molar-refractivity contribution in [3.05, 3.63) is 63.6 Å². The number of carboxylic acid groups (broad SMARTS) is 1. The molecular weight excluding hydrogens is 342 g/mol. The minimum Gasteiger partial charge on any atom is -0.479 e. The highest BCUT2D eigenvalue weighted by Crippen LogP contribution is 2.32. The third-order valence-corrected chi connectivity index (χ3v) is 3.94. The number of halogens is 2. The smallest absolute Gasteiger partial charge is 0.333 e. The van der Waals surface area contributed by atoms with Gasteiger partial charge in [0.2, 0.25) is 0 Å². The maximum absolute atomic E-state index is 11.7. The molecule has 0 aliphatic heterocycles. The summed E-state index contributed by atoms with van der Waals surface area (Å²) in [6.45, 7) is 1.60. The highest BCUT2D eigenvalue weighted by Gasteiger charge is 2.36. The molecule has 0 aliphatic carbocycles. The number of aliphatic carboxylic acids is 1. The number of rotatable bonds is 4. The van der Waals surface area contributed by atoms with Crippen LogP contribution in [0.1, 0.15) is 12.5 Å². The predicted molar refractivity (Wildman–Crippen MR) is 84.2 cm³/mol. The summed E-state index contributed by atoms with van der Waals surface area (Å²) in [4.78, 5) is 11.7. The van der Waals surface area contributed by atoms with Crippen LogP contribution in [0, 0.1) is 0 Å². The fourth-order valence-corrected chi connectivity index (χ4v) is 2.51. The molecule has 20 heavy (non-hydrogen) atoms. The summed E-state index contributed by atoms with van der Waals surface area (Å²) in [5.74, 6) is -0.992. The number of carboxylic acids is 1. The van der Waals surface area contributed by atoms with Crippen LogP contribution in [0.15, 0.2) is 53.0 Å². The van der Waals surface area contributed by atoms with Crippen molar-refractivity contribution in [2.75, 3.05) is 5.32 Å². The Hall–Kier alpha value is -1.52. The summed E-state index contributed by atoms with van der Waals surface area (Å²) in [5, 5.41) is 13.0. The van der Waals surface area contributed by atoms with E-state index in [4.69, 9.17) is 11.6 Å². The van der Waals surface area contributed by atoms with E-state index in [1.807, 2.05) is 24.3 Å². The van der Waals surface area contributed by atoms with Gasteiger partial charge in [0, 0.05) is 20.7 Å². The van der Waals surface area contributed by atoms with E-state index in [0.717, 1.165) is 4.47 Å². The van der Waals surface area contributed by atoms with E-state index in [1.165, 1.54) is 0 Å². The van der Waals surface area contributed by atoms with E-state index in [9.17, 15) is 9.90 Å². The first-order chi connectivity index (χ1) is 9.43. The number of hydrogen-bond acceptors (Lipinski definition) is 2. The quantitative estimate of drug-likeness (QED) is 0.849. The Kier molecular flexibility index (Phi) is 4.35. The van der Waals surface area contributed by atoms with E-state index in [-0.39, 0.29) is 0 Å². The van der Waals surface area contributed by atoms with Crippen LogP contribution in [-0.4, -0.2) is 11.1 Å². The van der Waals surface area contributed by atoms with Crippen molar-refractivity contribution < 1.29 is 9.90 Å². The third kappa shape index (κ3) is 2.97. The van der Waals surface area contributed by atoms with Crippen LogP contribution >= 0.6 is 27.5 Å². The van der Waals surface area contributed by atoms with Crippen molar-refractivity contribution in [3.8, 4) is 0 Å². The van der Waals surface area contributed by atoms with Crippen LogP contribution in [0.3, 0.4) is 0 Å². The molecule has 104 valence electrons. The zero-order valence-electron chi connectivity index (χ0n) is 10.7. The van der Waals surface area contributed by atoms with Crippen molar-refractivity contribution in [3.63, 3.8) is 0 Å². The standard InChI is InChI=1S/C15H13BrClNO2/c1-15(14(19)20,12-4-2-3-5-13(12)17)18-11-8-6-10(16)7-9-11/h2-9,18H,1H3,(H,19,20). The van der Waals surface area contributed by atoms with Gasteiger partial charge in [-0.1, -0.05) is 45.7 Å². The molecule has 3 nitrogen and oxygen atoms in total. The molecule has 2 aromatic carbocycles. The van der Waals surface area contributed by atoms with E-state index in [0.29, 0.717) is 16.3 Å². The first-order valence-electron chi connectivity index (χ1n) is 5.95. The van der Waals surface area contributed by atoms with Crippen LogP contribution in [0.2, 0.25) is 5.02 Å². The number of nitrogens with one attached hydrogen (secondary N) is 1. The molecule has 0 saturated heterocycles. The van der Waals surface area contributed by atoms with Crippen LogP contribution in [-0.2, 0) is 10.3 Å². The largest absolute Gasteiger partial charge is 0.479 e. The normalized spacial score (nSPS) is 13.6. The summed E-state index contributed by atoms with van der Waals surface area (Å²) in [6, 6.07) is 14.2. The van der Waals surface area contributed by atoms with Gasteiger partial charge in [0.15, 0.2) is 5.54 Å².